The predicted octanol–water partition coefficient (Wildman–Crippen LogP) is 4.68. The van der Waals surface area contributed by atoms with E-state index in [0.717, 1.165) is 27.9 Å². The molecule has 1 aromatic heterocycles. The summed E-state index contributed by atoms with van der Waals surface area (Å²) in [5, 5.41) is 9.53. The van der Waals surface area contributed by atoms with Gasteiger partial charge in [0.25, 0.3) is 5.91 Å². The summed E-state index contributed by atoms with van der Waals surface area (Å²) >= 11 is 0. The summed E-state index contributed by atoms with van der Waals surface area (Å²) < 4.78 is 5.92. The topological polar surface area (TPSA) is 83.4 Å². The minimum Gasteiger partial charge on any atom is -0.459 e. The van der Waals surface area contributed by atoms with E-state index in [-0.39, 0.29) is 18.0 Å². The first-order valence-corrected chi connectivity index (χ1v) is 9.35. The molecule has 2 aromatic carbocycles. The Labute approximate surface area is 164 Å². The fraction of sp³-hybridized carbons (Fsp3) is 0.273. The minimum atomic E-state index is -0.358. The van der Waals surface area contributed by atoms with Gasteiger partial charge in [-0.2, -0.15) is 0 Å². The number of fused-ring (bicyclic) bond motifs is 1. The van der Waals surface area contributed by atoms with Crippen LogP contribution in [0.4, 0.5) is 10.5 Å². The van der Waals surface area contributed by atoms with Crippen molar-refractivity contribution in [3.63, 3.8) is 0 Å². The Morgan fingerprint density at radius 3 is 2.57 bits per heavy atom. The molecule has 146 valence electrons. The molecule has 1 heterocycles. The Morgan fingerprint density at radius 2 is 1.86 bits per heavy atom. The van der Waals surface area contributed by atoms with Crippen LogP contribution in [0, 0.1) is 13.8 Å². The molecule has 0 fully saturated rings. The second kappa shape index (κ2) is 8.17. The van der Waals surface area contributed by atoms with Crippen molar-refractivity contribution in [1.82, 2.24) is 10.6 Å². The van der Waals surface area contributed by atoms with Crippen LogP contribution in [0.1, 0.15) is 47.1 Å². The lowest BCUT2D eigenvalue weighted by atomic mass is 10.1. The standard InChI is InChI=1S/C22H25N3O3/c1-5-23-21(26)16-11-10-13(2)18(12-16)25-22(27)24-15(4)20-14(3)17-8-6-7-9-19(17)28-20/h6-12,15H,5H2,1-4H3,(H,23,26)(H2,24,25,27)/t15-/m0/s1. The second-order valence-electron chi connectivity index (χ2n) is 6.80. The van der Waals surface area contributed by atoms with E-state index in [4.69, 9.17) is 4.42 Å². The highest BCUT2D eigenvalue weighted by Gasteiger charge is 2.19. The van der Waals surface area contributed by atoms with Crippen molar-refractivity contribution in [2.45, 2.75) is 33.7 Å². The summed E-state index contributed by atoms with van der Waals surface area (Å²) in [6, 6.07) is 12.4. The van der Waals surface area contributed by atoms with E-state index < -0.39 is 0 Å². The van der Waals surface area contributed by atoms with E-state index in [1.807, 2.05) is 58.0 Å². The van der Waals surface area contributed by atoms with Gasteiger partial charge in [-0.1, -0.05) is 24.3 Å². The molecule has 0 aliphatic heterocycles. The third kappa shape index (κ3) is 4.01. The van der Waals surface area contributed by atoms with Gasteiger partial charge in [0, 0.05) is 28.7 Å². The van der Waals surface area contributed by atoms with Crippen molar-refractivity contribution in [2.75, 3.05) is 11.9 Å². The van der Waals surface area contributed by atoms with Gasteiger partial charge in [-0.05, 0) is 51.5 Å². The van der Waals surface area contributed by atoms with E-state index in [0.29, 0.717) is 17.8 Å². The number of carbonyl (C=O) groups excluding carboxylic acids is 2. The van der Waals surface area contributed by atoms with Crippen LogP contribution in [0.25, 0.3) is 11.0 Å². The lowest BCUT2D eigenvalue weighted by Gasteiger charge is -2.15. The maximum Gasteiger partial charge on any atom is 0.319 e. The molecule has 28 heavy (non-hydrogen) atoms. The summed E-state index contributed by atoms with van der Waals surface area (Å²) in [6.07, 6.45) is 0. The van der Waals surface area contributed by atoms with Crippen molar-refractivity contribution >= 4 is 28.6 Å². The zero-order valence-electron chi connectivity index (χ0n) is 16.6. The second-order valence-corrected chi connectivity index (χ2v) is 6.80. The predicted molar refractivity (Wildman–Crippen MR) is 111 cm³/mol. The number of hydrogen-bond donors (Lipinski definition) is 3. The van der Waals surface area contributed by atoms with Crippen molar-refractivity contribution in [3.05, 3.63) is 64.9 Å². The van der Waals surface area contributed by atoms with Crippen LogP contribution < -0.4 is 16.0 Å². The van der Waals surface area contributed by atoms with E-state index in [1.54, 1.807) is 12.1 Å². The molecule has 0 bridgehead atoms. The van der Waals surface area contributed by atoms with Crippen LogP contribution >= 0.6 is 0 Å². The molecular formula is C22H25N3O3. The van der Waals surface area contributed by atoms with Gasteiger partial charge in [-0.25, -0.2) is 4.79 Å². The average molecular weight is 379 g/mol. The van der Waals surface area contributed by atoms with E-state index in [2.05, 4.69) is 16.0 Å². The first kappa shape index (κ1) is 19.5. The van der Waals surface area contributed by atoms with E-state index >= 15 is 0 Å². The number of carbonyl (C=O) groups is 2. The summed E-state index contributed by atoms with van der Waals surface area (Å²) in [6.45, 7) is 8.15. The number of hydrogen-bond acceptors (Lipinski definition) is 3. The average Bonchev–Trinajstić information content (AvgIpc) is 3.01. The highest BCUT2D eigenvalue weighted by Crippen LogP contribution is 2.29. The smallest absolute Gasteiger partial charge is 0.319 e. The minimum absolute atomic E-state index is 0.169. The number of aryl methyl sites for hydroxylation is 2. The van der Waals surface area contributed by atoms with Gasteiger partial charge in [0.15, 0.2) is 0 Å². The van der Waals surface area contributed by atoms with Gasteiger partial charge in [-0.3, -0.25) is 4.79 Å². The molecule has 1 atom stereocenters. The fourth-order valence-electron chi connectivity index (χ4n) is 3.19. The zero-order chi connectivity index (χ0) is 20.3. The largest absolute Gasteiger partial charge is 0.459 e. The van der Waals surface area contributed by atoms with Crippen LogP contribution in [-0.2, 0) is 0 Å². The Morgan fingerprint density at radius 1 is 1.11 bits per heavy atom. The summed E-state index contributed by atoms with van der Waals surface area (Å²) in [5.41, 5.74) is 3.78. The molecule has 0 radical (unpaired) electrons. The quantitative estimate of drug-likeness (QED) is 0.602. The van der Waals surface area contributed by atoms with Crippen molar-refractivity contribution < 1.29 is 14.0 Å². The number of rotatable bonds is 5. The molecule has 0 saturated heterocycles. The maximum atomic E-state index is 12.5. The lowest BCUT2D eigenvalue weighted by molar-refractivity contribution is 0.0956. The Hall–Kier alpha value is -3.28. The van der Waals surface area contributed by atoms with E-state index in [9.17, 15) is 9.59 Å². The van der Waals surface area contributed by atoms with Crippen molar-refractivity contribution in [1.29, 1.82) is 0 Å². The number of urea groups is 1. The summed E-state index contributed by atoms with van der Waals surface area (Å²) in [7, 11) is 0. The molecular weight excluding hydrogens is 354 g/mol. The van der Waals surface area contributed by atoms with Crippen molar-refractivity contribution in [3.8, 4) is 0 Å². The Kier molecular flexibility index (Phi) is 5.68. The molecule has 0 saturated carbocycles. The Balaban J connectivity index is 1.73. The molecule has 6 nitrogen and oxygen atoms in total. The molecule has 0 aliphatic rings. The van der Waals surface area contributed by atoms with Crippen LogP contribution in [0.5, 0.6) is 0 Å². The molecule has 0 unspecified atom stereocenters. The molecule has 3 N–H and O–H groups in total. The number of furan rings is 1. The highest BCUT2D eigenvalue weighted by molar-refractivity contribution is 5.97. The normalized spacial score (nSPS) is 11.9. The fourth-order valence-corrected chi connectivity index (χ4v) is 3.19. The molecule has 3 aromatic rings. The SMILES string of the molecule is CCNC(=O)c1ccc(C)c(NC(=O)N[C@@H](C)c2oc3ccccc3c2C)c1. The number of amides is 3. The summed E-state index contributed by atoms with van der Waals surface area (Å²) in [4.78, 5) is 24.5. The Bertz CT molecular complexity index is 1020. The number of benzene rings is 2. The van der Waals surface area contributed by atoms with Crippen LogP contribution in [0.2, 0.25) is 0 Å². The van der Waals surface area contributed by atoms with Crippen LogP contribution in [-0.4, -0.2) is 18.5 Å². The summed E-state index contributed by atoms with van der Waals surface area (Å²) in [5.74, 6) is 0.557. The van der Waals surface area contributed by atoms with Gasteiger partial charge in [0.1, 0.15) is 11.3 Å². The van der Waals surface area contributed by atoms with Gasteiger partial charge in [0.05, 0.1) is 6.04 Å². The number of anilines is 1. The number of para-hydroxylation sites is 1. The van der Waals surface area contributed by atoms with E-state index in [1.165, 1.54) is 0 Å². The monoisotopic (exact) mass is 379 g/mol. The van der Waals surface area contributed by atoms with Gasteiger partial charge < -0.3 is 20.4 Å². The van der Waals surface area contributed by atoms with Crippen molar-refractivity contribution in [2.24, 2.45) is 0 Å². The zero-order valence-corrected chi connectivity index (χ0v) is 16.6. The van der Waals surface area contributed by atoms with Gasteiger partial charge >= 0.3 is 6.03 Å². The highest BCUT2D eigenvalue weighted by atomic mass is 16.3. The molecule has 6 heteroatoms. The maximum absolute atomic E-state index is 12.5. The molecule has 3 amide bonds. The first-order valence-electron chi connectivity index (χ1n) is 9.35. The molecule has 3 rings (SSSR count). The first-order chi connectivity index (χ1) is 13.4. The van der Waals surface area contributed by atoms with Crippen LogP contribution in [0.15, 0.2) is 46.9 Å². The lowest BCUT2D eigenvalue weighted by Crippen LogP contribution is -2.31. The number of nitrogens with one attached hydrogen (secondary N) is 3. The molecule has 0 spiro atoms. The van der Waals surface area contributed by atoms with Gasteiger partial charge in [-0.15, -0.1) is 0 Å². The van der Waals surface area contributed by atoms with Gasteiger partial charge in [0.2, 0.25) is 0 Å². The third-order valence-electron chi connectivity index (χ3n) is 4.71. The third-order valence-corrected chi connectivity index (χ3v) is 4.71. The molecule has 0 aliphatic carbocycles. The van der Waals surface area contributed by atoms with Crippen LogP contribution in [0.3, 0.4) is 0 Å².